The summed E-state index contributed by atoms with van der Waals surface area (Å²) >= 11 is 0. The number of morpholine rings is 1. The molecular weight excluding hydrogens is 219 g/mol. The minimum atomic E-state index is -1.01. The number of halogens is 1. The number of ether oxygens (including phenoxy) is 1. The monoisotopic (exact) mass is 244 g/mol. The molecule has 2 aliphatic heterocycles. The molecule has 2 rings (SSSR count). The lowest BCUT2D eigenvalue weighted by Crippen LogP contribution is -2.60. The summed E-state index contributed by atoms with van der Waals surface area (Å²) in [6.07, 6.45) is 1.56. The number of likely N-dealkylation sites (tertiary alicyclic amines) is 1. The van der Waals surface area contributed by atoms with E-state index < -0.39 is 5.67 Å². The van der Waals surface area contributed by atoms with Crippen molar-refractivity contribution in [2.75, 3.05) is 33.8 Å². The molecule has 0 aromatic heterocycles. The molecule has 4 heteroatoms. The van der Waals surface area contributed by atoms with Crippen LogP contribution in [0.5, 0.6) is 0 Å². The van der Waals surface area contributed by atoms with E-state index in [0.717, 1.165) is 19.7 Å². The van der Waals surface area contributed by atoms with Crippen molar-refractivity contribution in [3.63, 3.8) is 0 Å². The van der Waals surface area contributed by atoms with E-state index in [9.17, 15) is 4.39 Å². The van der Waals surface area contributed by atoms with E-state index in [-0.39, 0.29) is 6.04 Å². The third kappa shape index (κ3) is 2.98. The molecule has 3 nitrogen and oxygen atoms in total. The molecule has 100 valence electrons. The molecule has 0 aromatic carbocycles. The maximum atomic E-state index is 14.2. The van der Waals surface area contributed by atoms with Crippen LogP contribution in [0, 0.1) is 0 Å². The van der Waals surface area contributed by atoms with Crippen LogP contribution in [0.1, 0.15) is 26.7 Å². The molecular formula is C13H25FN2O. The van der Waals surface area contributed by atoms with Crippen LogP contribution in [0.25, 0.3) is 0 Å². The Morgan fingerprint density at radius 1 is 1.24 bits per heavy atom. The van der Waals surface area contributed by atoms with Gasteiger partial charge in [0, 0.05) is 25.2 Å². The van der Waals surface area contributed by atoms with Gasteiger partial charge >= 0.3 is 0 Å². The first kappa shape index (κ1) is 13.2. The predicted octanol–water partition coefficient (Wildman–Crippen LogP) is 1.53. The maximum Gasteiger partial charge on any atom is 0.111 e. The molecule has 0 bridgehead atoms. The van der Waals surface area contributed by atoms with E-state index in [1.165, 1.54) is 0 Å². The fraction of sp³-hybridized carbons (Fsp3) is 1.00. The number of alkyl halides is 1. The zero-order valence-corrected chi connectivity index (χ0v) is 11.4. The van der Waals surface area contributed by atoms with Crippen molar-refractivity contribution >= 4 is 0 Å². The average molecular weight is 244 g/mol. The molecule has 2 saturated heterocycles. The van der Waals surface area contributed by atoms with Crippen LogP contribution in [0.15, 0.2) is 0 Å². The van der Waals surface area contributed by atoms with Crippen LogP contribution in [0.4, 0.5) is 4.39 Å². The summed E-state index contributed by atoms with van der Waals surface area (Å²) in [7, 11) is 4.23. The Morgan fingerprint density at radius 3 is 2.59 bits per heavy atom. The second-order valence-electron chi connectivity index (χ2n) is 6.07. The molecule has 0 radical (unpaired) electrons. The molecule has 2 aliphatic rings. The van der Waals surface area contributed by atoms with Gasteiger partial charge in [-0.3, -0.25) is 4.90 Å². The number of hydrogen-bond donors (Lipinski definition) is 0. The fourth-order valence-corrected chi connectivity index (χ4v) is 3.09. The van der Waals surface area contributed by atoms with Crippen molar-refractivity contribution in [2.24, 2.45) is 0 Å². The third-order valence-electron chi connectivity index (χ3n) is 4.29. The van der Waals surface area contributed by atoms with E-state index in [4.69, 9.17) is 4.74 Å². The molecule has 0 saturated carbocycles. The minimum Gasteiger partial charge on any atom is -0.375 e. The Hall–Kier alpha value is -0.190. The standard InChI is InChI=1S/C13H25FN2O/c1-10-8-16(4)12(9-17-10)11-7-13(2,14)5-6-15(11)3/h10-12H,5-9H2,1-4H3/t10-,11?,12?,13?/m1/s1. The lowest BCUT2D eigenvalue weighted by atomic mass is 9.85. The Kier molecular flexibility index (Phi) is 3.76. The Balaban J connectivity index is 2.04. The molecule has 3 unspecified atom stereocenters. The van der Waals surface area contributed by atoms with Crippen LogP contribution in [0.3, 0.4) is 0 Å². The Morgan fingerprint density at radius 2 is 1.94 bits per heavy atom. The largest absolute Gasteiger partial charge is 0.375 e. The van der Waals surface area contributed by atoms with Crippen LogP contribution in [0.2, 0.25) is 0 Å². The van der Waals surface area contributed by atoms with Gasteiger partial charge in [-0.2, -0.15) is 0 Å². The summed E-state index contributed by atoms with van der Waals surface area (Å²) < 4.78 is 19.9. The van der Waals surface area contributed by atoms with Crippen LogP contribution in [-0.4, -0.2) is 67.4 Å². The van der Waals surface area contributed by atoms with Gasteiger partial charge in [-0.25, -0.2) is 4.39 Å². The predicted molar refractivity (Wildman–Crippen MR) is 67.0 cm³/mol. The highest BCUT2D eigenvalue weighted by Gasteiger charge is 2.41. The van der Waals surface area contributed by atoms with Gasteiger partial charge in [-0.15, -0.1) is 0 Å². The van der Waals surface area contributed by atoms with E-state index in [2.05, 4.69) is 30.8 Å². The highest BCUT2D eigenvalue weighted by atomic mass is 19.1. The number of rotatable bonds is 1. The minimum absolute atomic E-state index is 0.274. The van der Waals surface area contributed by atoms with E-state index in [1.807, 2.05) is 0 Å². The molecule has 0 aliphatic carbocycles. The van der Waals surface area contributed by atoms with Crippen molar-refractivity contribution in [2.45, 2.75) is 50.5 Å². The van der Waals surface area contributed by atoms with Gasteiger partial charge in [0.25, 0.3) is 0 Å². The topological polar surface area (TPSA) is 15.7 Å². The van der Waals surface area contributed by atoms with Gasteiger partial charge in [-0.1, -0.05) is 0 Å². The number of piperidine rings is 1. The van der Waals surface area contributed by atoms with Crippen molar-refractivity contribution in [1.82, 2.24) is 9.80 Å². The van der Waals surface area contributed by atoms with Crippen LogP contribution in [-0.2, 0) is 4.74 Å². The van der Waals surface area contributed by atoms with E-state index >= 15 is 0 Å². The second-order valence-corrected chi connectivity index (χ2v) is 6.07. The molecule has 0 N–H and O–H groups in total. The average Bonchev–Trinajstić information content (AvgIpc) is 2.22. The highest BCUT2D eigenvalue weighted by molar-refractivity contribution is 4.96. The van der Waals surface area contributed by atoms with Crippen molar-refractivity contribution < 1.29 is 9.13 Å². The smallest absolute Gasteiger partial charge is 0.111 e. The molecule has 4 atom stereocenters. The molecule has 2 heterocycles. The van der Waals surface area contributed by atoms with Crippen molar-refractivity contribution in [3.8, 4) is 0 Å². The molecule has 0 aromatic rings. The zero-order valence-electron chi connectivity index (χ0n) is 11.4. The summed E-state index contributed by atoms with van der Waals surface area (Å²) in [4.78, 5) is 4.62. The molecule has 17 heavy (non-hydrogen) atoms. The first-order valence-corrected chi connectivity index (χ1v) is 6.60. The lowest BCUT2D eigenvalue weighted by Gasteiger charge is -2.48. The second kappa shape index (κ2) is 4.82. The maximum absolute atomic E-state index is 14.2. The SMILES string of the molecule is C[C@@H]1CN(C)C(C2CC(C)(F)CCN2C)CO1. The summed E-state index contributed by atoms with van der Waals surface area (Å²) in [6.45, 7) is 6.34. The lowest BCUT2D eigenvalue weighted by molar-refractivity contribution is -0.0867. The van der Waals surface area contributed by atoms with Crippen molar-refractivity contribution in [3.05, 3.63) is 0 Å². The first-order valence-electron chi connectivity index (χ1n) is 6.60. The normalized spacial score (nSPS) is 46.1. The first-order chi connectivity index (χ1) is 7.89. The number of nitrogens with zero attached hydrogens (tertiary/aromatic N) is 2. The molecule has 0 amide bonds. The van der Waals surface area contributed by atoms with Gasteiger partial charge in [0.1, 0.15) is 5.67 Å². The summed E-state index contributed by atoms with van der Waals surface area (Å²) in [5.41, 5.74) is -1.01. The summed E-state index contributed by atoms with van der Waals surface area (Å²) in [5.74, 6) is 0. The summed E-state index contributed by atoms with van der Waals surface area (Å²) in [6, 6.07) is 0.600. The zero-order chi connectivity index (χ0) is 12.6. The molecule has 0 spiro atoms. The van der Waals surface area contributed by atoms with Crippen LogP contribution >= 0.6 is 0 Å². The fourth-order valence-electron chi connectivity index (χ4n) is 3.09. The Labute approximate surface area is 104 Å². The molecule has 2 fully saturated rings. The van der Waals surface area contributed by atoms with Gasteiger partial charge in [-0.05, 0) is 40.8 Å². The Bertz CT molecular complexity index is 272. The number of hydrogen-bond acceptors (Lipinski definition) is 3. The number of likely N-dealkylation sites (N-methyl/N-ethyl adjacent to an activating group) is 2. The van der Waals surface area contributed by atoms with Gasteiger partial charge in [0.15, 0.2) is 0 Å². The van der Waals surface area contributed by atoms with Crippen LogP contribution < -0.4 is 0 Å². The van der Waals surface area contributed by atoms with Gasteiger partial charge in [0.2, 0.25) is 0 Å². The van der Waals surface area contributed by atoms with E-state index in [0.29, 0.717) is 25.0 Å². The quantitative estimate of drug-likeness (QED) is 0.695. The highest BCUT2D eigenvalue weighted by Crippen LogP contribution is 2.32. The van der Waals surface area contributed by atoms with Crippen molar-refractivity contribution in [1.29, 1.82) is 0 Å². The summed E-state index contributed by atoms with van der Waals surface area (Å²) in [5, 5.41) is 0. The van der Waals surface area contributed by atoms with E-state index in [1.54, 1.807) is 6.92 Å². The van der Waals surface area contributed by atoms with Gasteiger partial charge in [0.05, 0.1) is 12.7 Å². The van der Waals surface area contributed by atoms with Gasteiger partial charge < -0.3 is 9.64 Å². The third-order valence-corrected chi connectivity index (χ3v) is 4.29.